The van der Waals surface area contributed by atoms with Crippen molar-refractivity contribution in [3.05, 3.63) is 22.1 Å². The second-order valence-corrected chi connectivity index (χ2v) is 4.65. The Hall–Kier alpha value is -0.990. The summed E-state index contributed by atoms with van der Waals surface area (Å²) in [5, 5.41) is 5.48. The van der Waals surface area contributed by atoms with E-state index in [1.165, 1.54) is 0 Å². The third kappa shape index (κ3) is 2.47. The maximum atomic E-state index is 10.9. The van der Waals surface area contributed by atoms with Crippen LogP contribution in [-0.4, -0.2) is 10.2 Å². The molecule has 0 aliphatic heterocycles. The van der Waals surface area contributed by atoms with Gasteiger partial charge in [0, 0.05) is 17.2 Å². The van der Waals surface area contributed by atoms with Gasteiger partial charge in [-0.15, -0.1) is 0 Å². The maximum Gasteiger partial charge on any atom is 0.264 e. The summed E-state index contributed by atoms with van der Waals surface area (Å²) in [4.78, 5) is 10.9. The lowest BCUT2D eigenvalue weighted by molar-refractivity contribution is 0.390. The topological polar surface area (TPSA) is 48.6 Å². The van der Waals surface area contributed by atoms with E-state index in [1.807, 2.05) is 0 Å². The molecule has 0 saturated heterocycles. The number of H-pyrrole nitrogens is 2. The predicted octanol–water partition coefficient (Wildman–Crippen LogP) is 2.03. The van der Waals surface area contributed by atoms with Crippen LogP contribution in [-0.2, 0) is 5.41 Å². The van der Waals surface area contributed by atoms with Crippen LogP contribution in [0.25, 0.3) is 0 Å². The lowest BCUT2D eigenvalue weighted by atomic mass is 9.81. The molecule has 0 radical (unpaired) electrons. The summed E-state index contributed by atoms with van der Waals surface area (Å²) in [6.07, 6.45) is 1.07. The van der Waals surface area contributed by atoms with Crippen LogP contribution in [0.5, 0.6) is 0 Å². The lowest BCUT2D eigenvalue weighted by Gasteiger charge is -2.24. The molecule has 0 atom stereocenters. The highest BCUT2D eigenvalue weighted by Crippen LogP contribution is 2.27. The minimum absolute atomic E-state index is 0.0489. The fraction of sp³-hybridized carbons (Fsp3) is 0.700. The van der Waals surface area contributed by atoms with Crippen LogP contribution < -0.4 is 5.56 Å². The van der Waals surface area contributed by atoms with Crippen LogP contribution in [0.15, 0.2) is 10.9 Å². The fourth-order valence-corrected chi connectivity index (χ4v) is 1.83. The molecule has 0 fully saturated rings. The van der Waals surface area contributed by atoms with E-state index in [1.54, 1.807) is 6.07 Å². The highest BCUT2D eigenvalue weighted by atomic mass is 16.1. The zero-order valence-electron chi connectivity index (χ0n) is 8.77. The summed E-state index contributed by atoms with van der Waals surface area (Å²) in [5.74, 6) is 0.633. The largest absolute Gasteiger partial charge is 0.302 e. The van der Waals surface area contributed by atoms with Gasteiger partial charge in [0.15, 0.2) is 0 Å². The Labute approximate surface area is 78.5 Å². The molecule has 0 saturated carbocycles. The molecule has 2 N–H and O–H groups in total. The highest BCUT2D eigenvalue weighted by Gasteiger charge is 2.23. The molecule has 0 bridgehead atoms. The first kappa shape index (κ1) is 10.1. The van der Waals surface area contributed by atoms with E-state index in [2.05, 4.69) is 37.9 Å². The number of aromatic amines is 2. The highest BCUT2D eigenvalue weighted by molar-refractivity contribution is 5.11. The second kappa shape index (κ2) is 3.40. The summed E-state index contributed by atoms with van der Waals surface area (Å²) >= 11 is 0. The Morgan fingerprint density at radius 1 is 1.38 bits per heavy atom. The molecule has 1 rings (SSSR count). The summed E-state index contributed by atoms with van der Waals surface area (Å²) < 4.78 is 0. The summed E-state index contributed by atoms with van der Waals surface area (Å²) in [7, 11) is 0. The van der Waals surface area contributed by atoms with Crippen molar-refractivity contribution >= 4 is 0 Å². The predicted molar refractivity (Wildman–Crippen MR) is 53.9 cm³/mol. The van der Waals surface area contributed by atoms with Crippen molar-refractivity contribution in [2.24, 2.45) is 5.92 Å². The normalized spacial score (nSPS) is 12.4. The van der Waals surface area contributed by atoms with E-state index < -0.39 is 0 Å². The van der Waals surface area contributed by atoms with Gasteiger partial charge in [0.2, 0.25) is 0 Å². The van der Waals surface area contributed by atoms with Gasteiger partial charge < -0.3 is 5.10 Å². The van der Waals surface area contributed by atoms with E-state index >= 15 is 0 Å². The van der Waals surface area contributed by atoms with Gasteiger partial charge in [0.1, 0.15) is 0 Å². The molecule has 1 heterocycles. The second-order valence-electron chi connectivity index (χ2n) is 4.65. The molecule has 0 aromatic carbocycles. The average Bonchev–Trinajstić information content (AvgIpc) is 2.32. The number of aromatic nitrogens is 2. The fourth-order valence-electron chi connectivity index (χ4n) is 1.83. The zero-order chi connectivity index (χ0) is 10.1. The zero-order valence-corrected chi connectivity index (χ0v) is 8.77. The third-order valence-corrected chi connectivity index (χ3v) is 2.24. The minimum atomic E-state index is -0.0492. The van der Waals surface area contributed by atoms with Crippen LogP contribution in [0.3, 0.4) is 0 Å². The SMILES string of the molecule is CC(C)CC(C)(C)c1cc(=O)[nH][nH]1. The molecule has 3 nitrogen and oxygen atoms in total. The number of hydrogen-bond donors (Lipinski definition) is 2. The summed E-state index contributed by atoms with van der Waals surface area (Å²) in [5.41, 5.74) is 0.992. The van der Waals surface area contributed by atoms with Gasteiger partial charge in [0.25, 0.3) is 5.56 Å². The smallest absolute Gasteiger partial charge is 0.264 e. The molecule has 0 unspecified atom stereocenters. The van der Waals surface area contributed by atoms with Gasteiger partial charge in [-0.1, -0.05) is 27.7 Å². The molecule has 1 aromatic rings. The Bertz CT molecular complexity index is 320. The van der Waals surface area contributed by atoms with Crippen molar-refractivity contribution in [1.82, 2.24) is 10.2 Å². The van der Waals surface area contributed by atoms with E-state index in [0.29, 0.717) is 5.92 Å². The van der Waals surface area contributed by atoms with Gasteiger partial charge in [0.05, 0.1) is 0 Å². The number of nitrogens with one attached hydrogen (secondary N) is 2. The van der Waals surface area contributed by atoms with Crippen molar-refractivity contribution < 1.29 is 0 Å². The minimum Gasteiger partial charge on any atom is -0.302 e. The average molecular weight is 182 g/mol. The Morgan fingerprint density at radius 2 is 2.00 bits per heavy atom. The number of hydrogen-bond acceptors (Lipinski definition) is 1. The van der Waals surface area contributed by atoms with Gasteiger partial charge in [-0.05, 0) is 12.3 Å². The first-order valence-corrected chi connectivity index (χ1v) is 4.70. The quantitative estimate of drug-likeness (QED) is 0.738. The van der Waals surface area contributed by atoms with E-state index in [4.69, 9.17) is 0 Å². The molecule has 0 spiro atoms. The van der Waals surface area contributed by atoms with Crippen LogP contribution >= 0.6 is 0 Å². The molecule has 3 heteroatoms. The first-order valence-electron chi connectivity index (χ1n) is 4.70. The van der Waals surface area contributed by atoms with Gasteiger partial charge >= 0.3 is 0 Å². The van der Waals surface area contributed by atoms with E-state index in [9.17, 15) is 4.79 Å². The van der Waals surface area contributed by atoms with Crippen molar-refractivity contribution in [2.45, 2.75) is 39.5 Å². The molecular weight excluding hydrogens is 164 g/mol. The van der Waals surface area contributed by atoms with E-state index in [-0.39, 0.29) is 11.0 Å². The number of rotatable bonds is 3. The molecule has 74 valence electrons. The summed E-state index contributed by atoms with van der Waals surface area (Å²) in [6, 6.07) is 1.64. The Morgan fingerprint density at radius 3 is 2.38 bits per heavy atom. The van der Waals surface area contributed by atoms with Crippen LogP contribution in [0, 0.1) is 5.92 Å². The van der Waals surface area contributed by atoms with Gasteiger partial charge in [-0.3, -0.25) is 9.89 Å². The lowest BCUT2D eigenvalue weighted by Crippen LogP contribution is -2.20. The van der Waals surface area contributed by atoms with Crippen molar-refractivity contribution in [1.29, 1.82) is 0 Å². The monoisotopic (exact) mass is 182 g/mol. The third-order valence-electron chi connectivity index (χ3n) is 2.24. The van der Waals surface area contributed by atoms with Crippen molar-refractivity contribution in [3.63, 3.8) is 0 Å². The molecule has 0 aliphatic carbocycles. The van der Waals surface area contributed by atoms with Crippen LogP contribution in [0.2, 0.25) is 0 Å². The molecule has 13 heavy (non-hydrogen) atoms. The van der Waals surface area contributed by atoms with Gasteiger partial charge in [-0.2, -0.15) is 0 Å². The Kier molecular flexibility index (Phi) is 2.64. The Balaban J connectivity index is 2.86. The summed E-state index contributed by atoms with van der Waals surface area (Å²) in [6.45, 7) is 8.66. The first-order chi connectivity index (χ1) is 5.92. The molecule has 0 amide bonds. The van der Waals surface area contributed by atoms with Crippen LogP contribution in [0.1, 0.15) is 39.8 Å². The van der Waals surface area contributed by atoms with Crippen LogP contribution in [0.4, 0.5) is 0 Å². The molecule has 0 aliphatic rings. The van der Waals surface area contributed by atoms with Gasteiger partial charge in [-0.25, -0.2) is 0 Å². The van der Waals surface area contributed by atoms with E-state index in [0.717, 1.165) is 12.1 Å². The van der Waals surface area contributed by atoms with Crippen molar-refractivity contribution in [2.75, 3.05) is 0 Å². The van der Waals surface area contributed by atoms with Crippen molar-refractivity contribution in [3.8, 4) is 0 Å². The molecule has 1 aromatic heterocycles. The molecular formula is C10H18N2O. The standard InChI is InChI=1S/C10H18N2O/c1-7(2)6-10(3,4)8-5-9(13)12-11-8/h5,7H,6H2,1-4H3,(H2,11,12,13). The maximum absolute atomic E-state index is 10.9.